The lowest BCUT2D eigenvalue weighted by molar-refractivity contribution is -0.152. The van der Waals surface area contributed by atoms with E-state index in [1.807, 2.05) is 0 Å². The molecule has 8 N–H and O–H groups in total. The molecule has 1 aromatic carbocycles. The molecule has 0 bridgehead atoms. The van der Waals surface area contributed by atoms with E-state index in [0.717, 1.165) is 161 Å². The van der Waals surface area contributed by atoms with Crippen molar-refractivity contribution in [1.29, 1.82) is 0 Å². The second-order valence-electron chi connectivity index (χ2n) is 30.1. The van der Waals surface area contributed by atoms with E-state index in [4.69, 9.17) is 37.0 Å². The first-order chi connectivity index (χ1) is 54.2. The van der Waals surface area contributed by atoms with Gasteiger partial charge in [0.1, 0.15) is 12.2 Å². The van der Waals surface area contributed by atoms with Gasteiger partial charge in [-0.05, 0) is 115 Å². The van der Waals surface area contributed by atoms with Crippen molar-refractivity contribution in [3.05, 3.63) is 59.7 Å². The van der Waals surface area contributed by atoms with Crippen LogP contribution in [0.2, 0.25) is 0 Å². The number of aliphatic hydroxyl groups is 2. The maximum absolute atomic E-state index is 13.9. The number of unbranched alkanes of at least 4 members (excludes halogenated alkanes) is 30. The van der Waals surface area contributed by atoms with Crippen LogP contribution in [0.4, 0.5) is 0 Å². The molecule has 8 atom stereocenters. The molecule has 24 nitrogen and oxygen atoms in total. The Balaban J connectivity index is 3.07. The van der Waals surface area contributed by atoms with Crippen LogP contribution in [0.25, 0.3) is 0 Å². The molecule has 650 valence electrons. The third-order valence-electron chi connectivity index (χ3n) is 19.4. The molecule has 112 heavy (non-hydrogen) atoms. The predicted octanol–water partition coefficient (Wildman–Crippen LogP) is 18.9. The summed E-state index contributed by atoms with van der Waals surface area (Å²) >= 11 is 0. The molecule has 0 spiro atoms. The van der Waals surface area contributed by atoms with Gasteiger partial charge in [0, 0.05) is 39.1 Å². The number of hydrogen-bond acceptors (Lipinski definition) is 18. The molecule has 0 saturated heterocycles. The minimum Gasteiger partial charge on any atom is -0.462 e. The Morgan fingerprint density at radius 2 is 0.679 bits per heavy atom. The maximum Gasteiger partial charge on any atom is 0.472 e. The number of phosphoric ester groups is 2. The topological polar surface area (TPSA) is 339 Å². The lowest BCUT2D eigenvalue weighted by Gasteiger charge is -2.23. The largest absolute Gasteiger partial charge is 0.472 e. The monoisotopic (exact) mass is 1630 g/mol. The number of aliphatic hydroxyl groups excluding tert-OH is 2. The third kappa shape index (κ3) is 63.8. The number of nitrogens with one attached hydrogen (secondary N) is 4. The van der Waals surface area contributed by atoms with E-state index in [1.165, 1.54) is 94.9 Å². The molecule has 1 rings (SSSR count). The van der Waals surface area contributed by atoms with Gasteiger partial charge < -0.3 is 60.2 Å². The molecule has 0 saturated carbocycles. The van der Waals surface area contributed by atoms with Crippen LogP contribution in [-0.4, -0.2) is 158 Å². The van der Waals surface area contributed by atoms with E-state index in [2.05, 4.69) is 87.1 Å². The van der Waals surface area contributed by atoms with Crippen LogP contribution >= 0.6 is 15.6 Å². The molecule has 4 amide bonds. The molecule has 0 aliphatic rings. The Morgan fingerprint density at radius 3 is 1.02 bits per heavy atom. The number of phosphoric acid groups is 2. The Labute approximate surface area is 676 Å². The standard InChI is InChI=1S/C86H156N4O20P2/c1-7-13-19-25-28-31-34-40-46-54-78(110-84(96)58-48-42-36-33-30-27-21-15-9-3)68-82(94)90-74(70-104-64-60-76(92)52-44-38-23-17-11-5)72-108-112(101,102)106-66-62-88-86(98)80-56-50-49-55-79(80)85(97)87-61-65-105-111(99,100)107-71-73(69-103-63-59-75(91)51-43-37-22-16-10-4)89-81(93)67-77(53-45-39-24-18-12-6)109-83(95)57-47-41-35-32-29-26-20-14-8-2/h32-33,35-36,49-50,55-56,73-78,91-92H,7-31,34,37-48,51-54,57-72H2,1-6H3,(H,87,97)(H,88,98)(H,89,93)(H,90,94)(H,99,100)(H,101,102)/t73?,74?,75-,76-,77-,78-/m1/s1. The summed E-state index contributed by atoms with van der Waals surface area (Å²) < 4.78 is 71.6. The second-order valence-corrected chi connectivity index (χ2v) is 33.0. The van der Waals surface area contributed by atoms with E-state index in [0.29, 0.717) is 51.4 Å². The van der Waals surface area contributed by atoms with Gasteiger partial charge >= 0.3 is 27.6 Å². The Morgan fingerprint density at radius 1 is 0.375 bits per heavy atom. The van der Waals surface area contributed by atoms with Crippen LogP contribution in [0.5, 0.6) is 0 Å². The Hall–Kier alpha value is -4.42. The first kappa shape index (κ1) is 106. The van der Waals surface area contributed by atoms with E-state index in [1.54, 1.807) is 0 Å². The van der Waals surface area contributed by atoms with Gasteiger partial charge in [-0.1, -0.05) is 258 Å². The molecule has 26 heteroatoms. The summed E-state index contributed by atoms with van der Waals surface area (Å²) in [6, 6.07) is 3.90. The van der Waals surface area contributed by atoms with Crippen LogP contribution in [0.3, 0.4) is 0 Å². The number of ether oxygens (including phenoxy) is 4. The molecule has 4 unspecified atom stereocenters. The van der Waals surface area contributed by atoms with Crippen molar-refractivity contribution in [3.8, 4) is 0 Å². The van der Waals surface area contributed by atoms with E-state index in [9.17, 15) is 57.9 Å². The summed E-state index contributed by atoms with van der Waals surface area (Å²) in [5.74, 6) is -3.21. The highest BCUT2D eigenvalue weighted by atomic mass is 31.2. The van der Waals surface area contributed by atoms with Crippen molar-refractivity contribution in [1.82, 2.24) is 21.3 Å². The fourth-order valence-electron chi connectivity index (χ4n) is 12.7. The number of amides is 4. The number of hydrogen-bond donors (Lipinski definition) is 8. The smallest absolute Gasteiger partial charge is 0.462 e. The quantitative estimate of drug-likeness (QED) is 0.0130. The SMILES string of the molecule is CCCCCCC=CCCCC(=O)O[C@H](CCCCCCC)CC(=O)NC(COCC[C@H](O)CCCCCCC)COP(=O)(O)OCCNC(=O)c1ccccc1C(=O)NCCOP(=O)(O)OCC(COCC[C@H](O)CCCCCCC)NC(=O)C[C@@H](CCCCCCCCCCC)OC(=O)CCCC=CCCCCCC. The fraction of sp³-hybridized carbons (Fsp3) is 0.814. The molecule has 0 radical (unpaired) electrons. The molecule has 0 heterocycles. The van der Waals surface area contributed by atoms with E-state index < -0.39 is 102 Å². The highest BCUT2D eigenvalue weighted by Gasteiger charge is 2.29. The fourth-order valence-corrected chi connectivity index (χ4v) is 14.2. The minimum atomic E-state index is -4.85. The number of carbonyl (C=O) groups is 6. The zero-order valence-corrected chi connectivity index (χ0v) is 72.1. The first-order valence-electron chi connectivity index (χ1n) is 43.9. The summed E-state index contributed by atoms with van der Waals surface area (Å²) in [5, 5.41) is 32.1. The van der Waals surface area contributed by atoms with Crippen molar-refractivity contribution in [2.75, 3.05) is 65.9 Å². The van der Waals surface area contributed by atoms with Gasteiger partial charge in [0.15, 0.2) is 0 Å². The Kier molecular flexibility index (Phi) is 68.8. The molecular formula is C86H156N4O20P2. The number of allylic oxidation sites excluding steroid dienone is 4. The van der Waals surface area contributed by atoms with Crippen molar-refractivity contribution < 1.29 is 94.9 Å². The van der Waals surface area contributed by atoms with Crippen molar-refractivity contribution >= 4 is 51.2 Å². The second kappa shape index (κ2) is 73.0. The minimum absolute atomic E-state index is 0.0737. The van der Waals surface area contributed by atoms with Crippen LogP contribution in [-0.2, 0) is 65.4 Å². The van der Waals surface area contributed by atoms with Crippen LogP contribution in [0.15, 0.2) is 48.6 Å². The molecular weight excluding hydrogens is 1470 g/mol. The molecule has 0 fully saturated rings. The highest BCUT2D eigenvalue weighted by molar-refractivity contribution is 7.47. The maximum atomic E-state index is 13.9. The molecule has 0 aromatic heterocycles. The van der Waals surface area contributed by atoms with Crippen LogP contribution in [0, 0.1) is 0 Å². The van der Waals surface area contributed by atoms with Gasteiger partial charge in [0.05, 0.1) is 87.9 Å². The van der Waals surface area contributed by atoms with E-state index in [-0.39, 0.29) is 88.3 Å². The lowest BCUT2D eigenvalue weighted by atomic mass is 10.0. The van der Waals surface area contributed by atoms with Gasteiger partial charge in [0.2, 0.25) is 11.8 Å². The zero-order valence-electron chi connectivity index (χ0n) is 70.3. The summed E-state index contributed by atoms with van der Waals surface area (Å²) in [7, 11) is -9.69. The number of rotatable bonds is 80. The average Bonchev–Trinajstić information content (AvgIpc) is 0.837. The lowest BCUT2D eigenvalue weighted by Crippen LogP contribution is -2.43. The normalized spacial score (nSPS) is 14.4. The number of esters is 2. The summed E-state index contributed by atoms with van der Waals surface area (Å²) in [6.07, 6.45) is 48.4. The van der Waals surface area contributed by atoms with Crippen LogP contribution < -0.4 is 21.3 Å². The van der Waals surface area contributed by atoms with E-state index >= 15 is 0 Å². The summed E-state index contributed by atoms with van der Waals surface area (Å²) in [6.45, 7) is 10.2. The van der Waals surface area contributed by atoms with Gasteiger partial charge in [-0.25, -0.2) is 9.13 Å². The van der Waals surface area contributed by atoms with Crippen molar-refractivity contribution in [2.45, 2.75) is 386 Å². The number of carbonyl (C=O) groups excluding carboxylic acids is 6. The summed E-state index contributed by atoms with van der Waals surface area (Å²) in [4.78, 5) is 103. The van der Waals surface area contributed by atoms with Crippen LogP contribution in [0.1, 0.15) is 370 Å². The highest BCUT2D eigenvalue weighted by Crippen LogP contribution is 2.44. The van der Waals surface area contributed by atoms with Gasteiger partial charge in [-0.2, -0.15) is 0 Å². The van der Waals surface area contributed by atoms with Crippen molar-refractivity contribution in [2.24, 2.45) is 0 Å². The summed E-state index contributed by atoms with van der Waals surface area (Å²) in [5.41, 5.74) is -0.148. The number of benzene rings is 1. The first-order valence-corrected chi connectivity index (χ1v) is 46.9. The van der Waals surface area contributed by atoms with Crippen molar-refractivity contribution in [3.63, 3.8) is 0 Å². The van der Waals surface area contributed by atoms with Gasteiger partial charge in [-0.15, -0.1) is 0 Å². The molecule has 0 aliphatic heterocycles. The van der Waals surface area contributed by atoms with Gasteiger partial charge in [-0.3, -0.25) is 46.9 Å². The van der Waals surface area contributed by atoms with Gasteiger partial charge in [0.25, 0.3) is 11.8 Å². The average molecular weight is 1630 g/mol. The third-order valence-corrected chi connectivity index (χ3v) is 21.4. The zero-order chi connectivity index (χ0) is 82.2. The predicted molar refractivity (Wildman–Crippen MR) is 446 cm³/mol. The molecule has 0 aliphatic carbocycles. The molecule has 1 aromatic rings. The Bertz CT molecular complexity index is 2670.